The molecule has 138 valence electrons. The first-order valence-electron chi connectivity index (χ1n) is 8.59. The van der Waals surface area contributed by atoms with Crippen molar-refractivity contribution in [2.24, 2.45) is 7.05 Å². The lowest BCUT2D eigenvalue weighted by atomic mass is 10.2. The van der Waals surface area contributed by atoms with Crippen molar-refractivity contribution in [2.45, 2.75) is 26.9 Å². The molecular weight excluding hydrogens is 398 g/mol. The standard InChI is InChI=1S/C18H22BrN5O2/c1-4-23(5-2)11-14-20-16-15(17(25)21-18(26)22(16)3)24(14)10-12-7-6-8-13(19)9-12/h6-9H,4-5,10-11H2,1-3H3,(H,21,25,26). The van der Waals surface area contributed by atoms with E-state index in [4.69, 9.17) is 0 Å². The average Bonchev–Trinajstić information content (AvgIpc) is 2.96. The maximum absolute atomic E-state index is 12.5. The molecule has 8 heteroatoms. The van der Waals surface area contributed by atoms with Gasteiger partial charge < -0.3 is 4.57 Å². The fourth-order valence-corrected chi connectivity index (χ4v) is 3.48. The number of benzene rings is 1. The number of aryl methyl sites for hydroxylation is 1. The molecular formula is C18H22BrN5O2. The van der Waals surface area contributed by atoms with Crippen LogP contribution in [0.4, 0.5) is 0 Å². The highest BCUT2D eigenvalue weighted by atomic mass is 79.9. The third kappa shape index (κ3) is 3.52. The molecule has 2 aromatic heterocycles. The van der Waals surface area contributed by atoms with Gasteiger partial charge in [0.15, 0.2) is 11.2 Å². The van der Waals surface area contributed by atoms with Crippen LogP contribution in [0.2, 0.25) is 0 Å². The van der Waals surface area contributed by atoms with E-state index in [1.165, 1.54) is 4.57 Å². The maximum Gasteiger partial charge on any atom is 0.329 e. The van der Waals surface area contributed by atoms with Crippen LogP contribution >= 0.6 is 15.9 Å². The van der Waals surface area contributed by atoms with E-state index < -0.39 is 11.2 Å². The van der Waals surface area contributed by atoms with Crippen LogP contribution in [0.5, 0.6) is 0 Å². The highest BCUT2D eigenvalue weighted by molar-refractivity contribution is 9.10. The topological polar surface area (TPSA) is 75.9 Å². The number of H-pyrrole nitrogens is 1. The summed E-state index contributed by atoms with van der Waals surface area (Å²) in [6, 6.07) is 7.95. The lowest BCUT2D eigenvalue weighted by Crippen LogP contribution is -2.29. The Bertz CT molecular complexity index is 1050. The van der Waals surface area contributed by atoms with Gasteiger partial charge in [-0.3, -0.25) is 19.2 Å². The molecule has 1 aromatic carbocycles. The molecule has 7 nitrogen and oxygen atoms in total. The number of imidazole rings is 1. The SMILES string of the molecule is CCN(CC)Cc1nc2c(c(=O)[nH]c(=O)n2C)n1Cc1cccc(Br)c1. The molecule has 1 N–H and O–H groups in total. The van der Waals surface area contributed by atoms with Gasteiger partial charge in [-0.2, -0.15) is 0 Å². The molecule has 3 aromatic rings. The Morgan fingerprint density at radius 1 is 1.23 bits per heavy atom. The Kier molecular flexibility index (Phi) is 5.43. The van der Waals surface area contributed by atoms with Crippen LogP contribution in [0.3, 0.4) is 0 Å². The quantitative estimate of drug-likeness (QED) is 0.663. The van der Waals surface area contributed by atoms with E-state index in [1.54, 1.807) is 7.05 Å². The van der Waals surface area contributed by atoms with Crippen LogP contribution in [-0.4, -0.2) is 37.1 Å². The van der Waals surface area contributed by atoms with E-state index in [2.05, 4.69) is 44.6 Å². The van der Waals surface area contributed by atoms with Gasteiger partial charge in [-0.05, 0) is 30.8 Å². The molecule has 0 unspecified atom stereocenters. The van der Waals surface area contributed by atoms with E-state index in [9.17, 15) is 9.59 Å². The first kappa shape index (κ1) is 18.6. The molecule has 26 heavy (non-hydrogen) atoms. The van der Waals surface area contributed by atoms with Crippen molar-refractivity contribution >= 4 is 27.1 Å². The number of nitrogens with zero attached hydrogens (tertiary/aromatic N) is 4. The van der Waals surface area contributed by atoms with Gasteiger partial charge in [0.1, 0.15) is 5.82 Å². The zero-order valence-corrected chi connectivity index (χ0v) is 16.7. The summed E-state index contributed by atoms with van der Waals surface area (Å²) in [7, 11) is 1.62. The van der Waals surface area contributed by atoms with Crippen molar-refractivity contribution in [1.29, 1.82) is 0 Å². The van der Waals surface area contributed by atoms with Crippen molar-refractivity contribution in [3.63, 3.8) is 0 Å². The zero-order chi connectivity index (χ0) is 18.8. The van der Waals surface area contributed by atoms with Crippen molar-refractivity contribution in [3.05, 3.63) is 61.0 Å². The minimum absolute atomic E-state index is 0.406. The van der Waals surface area contributed by atoms with Crippen molar-refractivity contribution in [1.82, 2.24) is 24.0 Å². The zero-order valence-electron chi connectivity index (χ0n) is 15.1. The van der Waals surface area contributed by atoms with E-state index in [-0.39, 0.29) is 0 Å². The number of aromatic amines is 1. The second kappa shape index (κ2) is 7.59. The first-order valence-corrected chi connectivity index (χ1v) is 9.39. The summed E-state index contributed by atoms with van der Waals surface area (Å²) in [6.07, 6.45) is 0. The Labute approximate surface area is 159 Å². The minimum Gasteiger partial charge on any atom is -0.317 e. The molecule has 0 spiro atoms. The molecule has 0 amide bonds. The fourth-order valence-electron chi connectivity index (χ4n) is 3.04. The van der Waals surface area contributed by atoms with Crippen LogP contribution in [0.1, 0.15) is 25.2 Å². The van der Waals surface area contributed by atoms with E-state index in [0.717, 1.165) is 29.0 Å². The summed E-state index contributed by atoms with van der Waals surface area (Å²) >= 11 is 3.49. The van der Waals surface area contributed by atoms with Crippen LogP contribution in [0.25, 0.3) is 11.2 Å². The number of fused-ring (bicyclic) bond motifs is 1. The molecule has 0 aliphatic carbocycles. The average molecular weight is 420 g/mol. The molecule has 0 atom stereocenters. The second-order valence-electron chi connectivity index (χ2n) is 6.20. The van der Waals surface area contributed by atoms with Gasteiger partial charge in [-0.15, -0.1) is 0 Å². The van der Waals surface area contributed by atoms with Crippen LogP contribution in [-0.2, 0) is 20.1 Å². The van der Waals surface area contributed by atoms with Crippen LogP contribution < -0.4 is 11.2 Å². The lowest BCUT2D eigenvalue weighted by molar-refractivity contribution is 0.285. The predicted octanol–water partition coefficient (Wildman–Crippen LogP) is 2.08. The minimum atomic E-state index is -0.455. The lowest BCUT2D eigenvalue weighted by Gasteiger charge is -2.18. The smallest absolute Gasteiger partial charge is 0.317 e. The molecule has 0 bridgehead atoms. The summed E-state index contributed by atoms with van der Waals surface area (Å²) in [4.78, 5) is 33.7. The van der Waals surface area contributed by atoms with Crippen LogP contribution in [0, 0.1) is 0 Å². The Hall–Kier alpha value is -2.19. The Morgan fingerprint density at radius 3 is 2.62 bits per heavy atom. The fraction of sp³-hybridized carbons (Fsp3) is 0.389. The van der Waals surface area contributed by atoms with E-state index in [1.807, 2.05) is 28.8 Å². The molecule has 0 saturated carbocycles. The summed E-state index contributed by atoms with van der Waals surface area (Å²) in [5.41, 5.74) is 1.03. The summed E-state index contributed by atoms with van der Waals surface area (Å²) in [6.45, 7) is 7.07. The number of aromatic nitrogens is 4. The van der Waals surface area contributed by atoms with Gasteiger partial charge in [-0.1, -0.05) is 41.9 Å². The van der Waals surface area contributed by atoms with Crippen molar-refractivity contribution in [3.8, 4) is 0 Å². The monoisotopic (exact) mass is 419 g/mol. The highest BCUT2D eigenvalue weighted by Gasteiger charge is 2.18. The summed E-state index contributed by atoms with van der Waals surface area (Å²) < 4.78 is 4.28. The summed E-state index contributed by atoms with van der Waals surface area (Å²) in [5, 5.41) is 0. The molecule has 0 fully saturated rings. The Balaban J connectivity index is 2.21. The molecule has 3 rings (SSSR count). The van der Waals surface area contributed by atoms with E-state index >= 15 is 0 Å². The van der Waals surface area contributed by atoms with Gasteiger partial charge in [0.25, 0.3) is 5.56 Å². The Morgan fingerprint density at radius 2 is 1.96 bits per heavy atom. The molecule has 0 aliphatic heterocycles. The van der Waals surface area contributed by atoms with Crippen LogP contribution in [0.15, 0.2) is 38.3 Å². The number of halogens is 1. The van der Waals surface area contributed by atoms with Gasteiger partial charge in [0.05, 0.1) is 6.54 Å². The summed E-state index contributed by atoms with van der Waals surface area (Å²) in [5.74, 6) is 0.773. The van der Waals surface area contributed by atoms with Gasteiger partial charge in [-0.25, -0.2) is 9.78 Å². The number of nitrogens with one attached hydrogen (secondary N) is 1. The van der Waals surface area contributed by atoms with Gasteiger partial charge in [0, 0.05) is 18.1 Å². The maximum atomic E-state index is 12.5. The number of hydrogen-bond donors (Lipinski definition) is 1. The highest BCUT2D eigenvalue weighted by Crippen LogP contribution is 2.18. The third-order valence-corrected chi connectivity index (χ3v) is 5.07. The normalized spacial score (nSPS) is 11.6. The van der Waals surface area contributed by atoms with E-state index in [0.29, 0.717) is 24.3 Å². The molecule has 0 radical (unpaired) electrons. The molecule has 0 aliphatic rings. The van der Waals surface area contributed by atoms with Crippen molar-refractivity contribution < 1.29 is 0 Å². The second-order valence-corrected chi connectivity index (χ2v) is 7.11. The predicted molar refractivity (Wildman–Crippen MR) is 105 cm³/mol. The van der Waals surface area contributed by atoms with Gasteiger partial charge >= 0.3 is 5.69 Å². The van der Waals surface area contributed by atoms with Crippen molar-refractivity contribution in [2.75, 3.05) is 13.1 Å². The third-order valence-electron chi connectivity index (χ3n) is 4.58. The van der Waals surface area contributed by atoms with Gasteiger partial charge in [0.2, 0.25) is 0 Å². The first-order chi connectivity index (χ1) is 12.4. The number of rotatable bonds is 6. The number of hydrogen-bond acceptors (Lipinski definition) is 4. The largest absolute Gasteiger partial charge is 0.329 e. The molecule has 0 saturated heterocycles. The molecule has 2 heterocycles.